The number of nitrogens with zero attached hydrogens (tertiary/aromatic N) is 2. The SMILES string of the molecule is Cc1ccnn1CC(O)c1ccc(CC(C)C)cc1. The Kier molecular flexibility index (Phi) is 4.38. The fourth-order valence-electron chi connectivity index (χ4n) is 2.21. The molecule has 0 amide bonds. The van der Waals surface area contributed by atoms with Gasteiger partial charge in [-0.3, -0.25) is 4.68 Å². The Morgan fingerprint density at radius 1 is 1.16 bits per heavy atom. The lowest BCUT2D eigenvalue weighted by Gasteiger charge is -2.13. The van der Waals surface area contributed by atoms with Crippen LogP contribution in [0.15, 0.2) is 36.5 Å². The molecule has 0 radical (unpaired) electrons. The van der Waals surface area contributed by atoms with Gasteiger partial charge in [0.15, 0.2) is 0 Å². The molecule has 0 aliphatic heterocycles. The number of hydrogen-bond donors (Lipinski definition) is 1. The molecule has 1 N–H and O–H groups in total. The third-order valence-corrected chi connectivity index (χ3v) is 3.28. The number of hydrogen-bond acceptors (Lipinski definition) is 2. The fraction of sp³-hybridized carbons (Fsp3) is 0.438. The number of rotatable bonds is 5. The second-order valence-electron chi connectivity index (χ2n) is 5.51. The Labute approximate surface area is 114 Å². The van der Waals surface area contributed by atoms with Gasteiger partial charge >= 0.3 is 0 Å². The predicted octanol–water partition coefficient (Wildman–Crippen LogP) is 3.12. The molecule has 0 spiro atoms. The van der Waals surface area contributed by atoms with E-state index in [9.17, 15) is 5.11 Å². The van der Waals surface area contributed by atoms with E-state index >= 15 is 0 Å². The maximum atomic E-state index is 10.2. The molecular formula is C16H22N2O. The molecule has 1 aromatic heterocycles. The average molecular weight is 258 g/mol. The molecule has 0 aliphatic rings. The van der Waals surface area contributed by atoms with E-state index in [-0.39, 0.29) is 0 Å². The largest absolute Gasteiger partial charge is 0.386 e. The molecule has 1 unspecified atom stereocenters. The maximum absolute atomic E-state index is 10.2. The van der Waals surface area contributed by atoms with Gasteiger partial charge in [0.05, 0.1) is 12.6 Å². The summed E-state index contributed by atoms with van der Waals surface area (Å²) in [4.78, 5) is 0. The molecule has 0 saturated heterocycles. The van der Waals surface area contributed by atoms with E-state index in [4.69, 9.17) is 0 Å². The summed E-state index contributed by atoms with van der Waals surface area (Å²) in [5.74, 6) is 0.655. The number of aliphatic hydroxyl groups excluding tert-OH is 1. The first-order valence-corrected chi connectivity index (χ1v) is 6.81. The van der Waals surface area contributed by atoms with Crippen LogP contribution in [0.2, 0.25) is 0 Å². The standard InChI is InChI=1S/C16H22N2O/c1-12(2)10-14-4-6-15(7-5-14)16(19)11-18-13(3)8-9-17-18/h4-9,12,16,19H,10-11H2,1-3H3. The summed E-state index contributed by atoms with van der Waals surface area (Å²) in [5, 5.41) is 14.4. The van der Waals surface area contributed by atoms with E-state index in [1.165, 1.54) is 5.56 Å². The van der Waals surface area contributed by atoms with Crippen molar-refractivity contribution >= 4 is 0 Å². The van der Waals surface area contributed by atoms with Crippen LogP contribution in [0.25, 0.3) is 0 Å². The Balaban J connectivity index is 2.03. The monoisotopic (exact) mass is 258 g/mol. The van der Waals surface area contributed by atoms with Crippen molar-refractivity contribution in [1.29, 1.82) is 0 Å². The van der Waals surface area contributed by atoms with E-state index in [2.05, 4.69) is 31.1 Å². The van der Waals surface area contributed by atoms with E-state index < -0.39 is 6.10 Å². The fourth-order valence-corrected chi connectivity index (χ4v) is 2.21. The summed E-state index contributed by atoms with van der Waals surface area (Å²) in [5.41, 5.74) is 3.33. The highest BCUT2D eigenvalue weighted by Crippen LogP contribution is 2.17. The van der Waals surface area contributed by atoms with Crippen LogP contribution in [-0.4, -0.2) is 14.9 Å². The Bertz CT molecular complexity index is 514. The molecule has 1 heterocycles. The Hall–Kier alpha value is -1.61. The van der Waals surface area contributed by atoms with Gasteiger partial charge in [-0.25, -0.2) is 0 Å². The number of benzene rings is 1. The molecular weight excluding hydrogens is 236 g/mol. The number of aryl methyl sites for hydroxylation is 1. The summed E-state index contributed by atoms with van der Waals surface area (Å²) in [6.45, 7) is 6.92. The van der Waals surface area contributed by atoms with Crippen LogP contribution in [-0.2, 0) is 13.0 Å². The van der Waals surface area contributed by atoms with Gasteiger partial charge in [0, 0.05) is 11.9 Å². The minimum Gasteiger partial charge on any atom is -0.386 e. The summed E-state index contributed by atoms with van der Waals surface area (Å²) in [6.07, 6.45) is 2.33. The molecule has 1 aromatic carbocycles. The third kappa shape index (κ3) is 3.67. The van der Waals surface area contributed by atoms with Gasteiger partial charge in [-0.1, -0.05) is 38.1 Å². The van der Waals surface area contributed by atoms with Gasteiger partial charge in [-0.2, -0.15) is 5.10 Å². The molecule has 0 fully saturated rings. The Morgan fingerprint density at radius 3 is 2.37 bits per heavy atom. The van der Waals surface area contributed by atoms with Crippen LogP contribution < -0.4 is 0 Å². The topological polar surface area (TPSA) is 38.0 Å². The van der Waals surface area contributed by atoms with Gasteiger partial charge in [-0.15, -0.1) is 0 Å². The van der Waals surface area contributed by atoms with Gasteiger partial charge in [0.25, 0.3) is 0 Å². The van der Waals surface area contributed by atoms with Gasteiger partial charge in [-0.05, 0) is 36.5 Å². The van der Waals surface area contributed by atoms with Crippen molar-refractivity contribution in [3.05, 3.63) is 53.3 Å². The molecule has 3 heteroatoms. The van der Waals surface area contributed by atoms with Crippen molar-refractivity contribution in [3.8, 4) is 0 Å². The highest BCUT2D eigenvalue weighted by atomic mass is 16.3. The highest BCUT2D eigenvalue weighted by molar-refractivity contribution is 5.24. The van der Waals surface area contributed by atoms with Crippen molar-refractivity contribution in [3.63, 3.8) is 0 Å². The summed E-state index contributed by atoms with van der Waals surface area (Å²) < 4.78 is 1.83. The summed E-state index contributed by atoms with van der Waals surface area (Å²) in [7, 11) is 0. The maximum Gasteiger partial charge on any atom is 0.0985 e. The van der Waals surface area contributed by atoms with Gasteiger partial charge in [0.2, 0.25) is 0 Å². The Morgan fingerprint density at radius 2 is 1.84 bits per heavy atom. The number of aliphatic hydroxyl groups is 1. The van der Waals surface area contributed by atoms with Crippen LogP contribution in [0.1, 0.15) is 36.8 Å². The van der Waals surface area contributed by atoms with Crippen LogP contribution in [0, 0.1) is 12.8 Å². The zero-order valence-electron chi connectivity index (χ0n) is 11.9. The van der Waals surface area contributed by atoms with E-state index in [1.807, 2.05) is 29.8 Å². The molecule has 0 aliphatic carbocycles. The second kappa shape index (κ2) is 6.02. The van der Waals surface area contributed by atoms with Gasteiger partial charge in [0.1, 0.15) is 0 Å². The zero-order chi connectivity index (χ0) is 13.8. The van der Waals surface area contributed by atoms with Crippen molar-refractivity contribution in [2.75, 3.05) is 0 Å². The van der Waals surface area contributed by atoms with E-state index in [1.54, 1.807) is 6.20 Å². The van der Waals surface area contributed by atoms with Crippen molar-refractivity contribution in [2.45, 2.75) is 39.8 Å². The van der Waals surface area contributed by atoms with Crippen molar-refractivity contribution in [2.24, 2.45) is 5.92 Å². The normalized spacial score (nSPS) is 12.9. The molecule has 19 heavy (non-hydrogen) atoms. The molecule has 3 nitrogen and oxygen atoms in total. The zero-order valence-corrected chi connectivity index (χ0v) is 11.9. The second-order valence-corrected chi connectivity index (χ2v) is 5.51. The first-order valence-electron chi connectivity index (χ1n) is 6.81. The minimum atomic E-state index is -0.508. The third-order valence-electron chi connectivity index (χ3n) is 3.28. The van der Waals surface area contributed by atoms with Crippen LogP contribution in [0.4, 0.5) is 0 Å². The predicted molar refractivity (Wildman–Crippen MR) is 76.9 cm³/mol. The molecule has 0 bridgehead atoms. The van der Waals surface area contributed by atoms with Crippen molar-refractivity contribution < 1.29 is 5.11 Å². The molecule has 1 atom stereocenters. The van der Waals surface area contributed by atoms with Gasteiger partial charge < -0.3 is 5.11 Å². The first-order chi connectivity index (χ1) is 9.06. The summed E-state index contributed by atoms with van der Waals surface area (Å²) in [6, 6.07) is 10.2. The van der Waals surface area contributed by atoms with Crippen LogP contribution in [0.5, 0.6) is 0 Å². The number of aromatic nitrogens is 2. The highest BCUT2D eigenvalue weighted by Gasteiger charge is 2.10. The molecule has 0 saturated carbocycles. The lowest BCUT2D eigenvalue weighted by Crippen LogP contribution is -2.11. The van der Waals surface area contributed by atoms with E-state index in [0.717, 1.165) is 17.7 Å². The van der Waals surface area contributed by atoms with E-state index in [0.29, 0.717) is 12.5 Å². The van der Waals surface area contributed by atoms with Crippen LogP contribution >= 0.6 is 0 Å². The minimum absolute atomic E-state index is 0.502. The molecule has 102 valence electrons. The van der Waals surface area contributed by atoms with Crippen LogP contribution in [0.3, 0.4) is 0 Å². The molecule has 2 rings (SSSR count). The lowest BCUT2D eigenvalue weighted by molar-refractivity contribution is 0.150. The first kappa shape index (κ1) is 13.8. The molecule has 2 aromatic rings. The quantitative estimate of drug-likeness (QED) is 0.894. The lowest BCUT2D eigenvalue weighted by atomic mass is 10.0. The van der Waals surface area contributed by atoms with Crippen molar-refractivity contribution in [1.82, 2.24) is 9.78 Å². The smallest absolute Gasteiger partial charge is 0.0985 e. The summed E-state index contributed by atoms with van der Waals surface area (Å²) >= 11 is 0. The average Bonchev–Trinajstić information content (AvgIpc) is 2.75.